The molecule has 0 radical (unpaired) electrons. The minimum atomic E-state index is 0.474. The molecule has 3 aromatic rings. The van der Waals surface area contributed by atoms with E-state index in [4.69, 9.17) is 23.2 Å². The van der Waals surface area contributed by atoms with Crippen molar-refractivity contribution in [3.63, 3.8) is 0 Å². The van der Waals surface area contributed by atoms with Gasteiger partial charge in [-0.25, -0.2) is 4.98 Å². The summed E-state index contributed by atoms with van der Waals surface area (Å²) in [6.45, 7) is 1.91. The lowest BCUT2D eigenvalue weighted by atomic mass is 10.3. The summed E-state index contributed by atoms with van der Waals surface area (Å²) >= 11 is 12.0. The number of hydrogen-bond donors (Lipinski definition) is 2. The van der Waals surface area contributed by atoms with Gasteiger partial charge in [0.2, 0.25) is 5.95 Å². The topological polar surface area (TPSA) is 49.8 Å². The van der Waals surface area contributed by atoms with Crippen molar-refractivity contribution >= 4 is 46.3 Å². The molecule has 0 unspecified atom stereocenters. The van der Waals surface area contributed by atoms with Crippen LogP contribution in [-0.4, -0.2) is 9.97 Å². The lowest BCUT2D eigenvalue weighted by molar-refractivity contribution is 1.11. The molecule has 0 bridgehead atoms. The van der Waals surface area contributed by atoms with Crippen LogP contribution in [-0.2, 0) is 0 Å². The largest absolute Gasteiger partial charge is 0.340 e. The summed E-state index contributed by atoms with van der Waals surface area (Å²) in [7, 11) is 0. The van der Waals surface area contributed by atoms with Gasteiger partial charge in [-0.2, -0.15) is 4.98 Å². The quantitative estimate of drug-likeness (QED) is 0.648. The van der Waals surface area contributed by atoms with Gasteiger partial charge in [-0.15, -0.1) is 0 Å². The van der Waals surface area contributed by atoms with Crippen LogP contribution < -0.4 is 10.6 Å². The highest BCUT2D eigenvalue weighted by Crippen LogP contribution is 2.25. The van der Waals surface area contributed by atoms with E-state index in [9.17, 15) is 0 Å². The molecule has 1 aromatic heterocycles. The van der Waals surface area contributed by atoms with Crippen molar-refractivity contribution in [1.82, 2.24) is 9.97 Å². The highest BCUT2D eigenvalue weighted by atomic mass is 35.5. The first kappa shape index (κ1) is 15.6. The predicted octanol–water partition coefficient (Wildman–Crippen LogP) is 5.58. The molecule has 4 nitrogen and oxygen atoms in total. The molecule has 0 atom stereocenters. The van der Waals surface area contributed by atoms with Gasteiger partial charge in [-0.1, -0.05) is 41.4 Å². The van der Waals surface area contributed by atoms with Crippen LogP contribution in [0, 0.1) is 6.92 Å². The zero-order valence-corrected chi connectivity index (χ0v) is 13.9. The van der Waals surface area contributed by atoms with E-state index >= 15 is 0 Å². The van der Waals surface area contributed by atoms with E-state index < -0.39 is 0 Å². The van der Waals surface area contributed by atoms with Gasteiger partial charge in [0.25, 0.3) is 0 Å². The maximum Gasteiger partial charge on any atom is 0.229 e. The second-order valence-electron chi connectivity index (χ2n) is 4.99. The lowest BCUT2D eigenvalue weighted by Crippen LogP contribution is -2.02. The van der Waals surface area contributed by atoms with Crippen molar-refractivity contribution in [1.29, 1.82) is 0 Å². The number of aromatic nitrogens is 2. The Labute approximate surface area is 144 Å². The number of aryl methyl sites for hydroxylation is 1. The van der Waals surface area contributed by atoms with E-state index in [-0.39, 0.29) is 0 Å². The maximum atomic E-state index is 6.01. The van der Waals surface area contributed by atoms with E-state index in [1.54, 1.807) is 18.2 Å². The van der Waals surface area contributed by atoms with E-state index in [2.05, 4.69) is 20.6 Å². The Morgan fingerprint density at radius 2 is 1.48 bits per heavy atom. The van der Waals surface area contributed by atoms with Gasteiger partial charge in [-0.05, 0) is 37.3 Å². The third-order valence-electron chi connectivity index (χ3n) is 3.02. The second kappa shape index (κ2) is 6.86. The third-order valence-corrected chi connectivity index (χ3v) is 3.46. The molecule has 0 aliphatic heterocycles. The molecule has 23 heavy (non-hydrogen) atoms. The van der Waals surface area contributed by atoms with Crippen LogP contribution in [0.15, 0.2) is 54.6 Å². The number of benzene rings is 2. The Morgan fingerprint density at radius 1 is 0.783 bits per heavy atom. The molecule has 0 aliphatic carbocycles. The average Bonchev–Trinajstić information content (AvgIpc) is 2.46. The van der Waals surface area contributed by atoms with Crippen molar-refractivity contribution < 1.29 is 0 Å². The van der Waals surface area contributed by atoms with E-state index in [0.29, 0.717) is 21.8 Å². The fraction of sp³-hybridized carbons (Fsp3) is 0.0588. The van der Waals surface area contributed by atoms with Crippen molar-refractivity contribution in [3.05, 3.63) is 70.3 Å². The number of rotatable bonds is 4. The zero-order valence-electron chi connectivity index (χ0n) is 12.3. The molecule has 0 saturated heterocycles. The molecule has 2 aromatic carbocycles. The number of halogens is 2. The van der Waals surface area contributed by atoms with Crippen molar-refractivity contribution in [2.45, 2.75) is 6.92 Å². The smallest absolute Gasteiger partial charge is 0.229 e. The van der Waals surface area contributed by atoms with Gasteiger partial charge >= 0.3 is 0 Å². The summed E-state index contributed by atoms with van der Waals surface area (Å²) in [5, 5.41) is 7.47. The van der Waals surface area contributed by atoms with E-state index in [1.165, 1.54) is 0 Å². The highest BCUT2D eigenvalue weighted by Gasteiger charge is 2.05. The second-order valence-corrected chi connectivity index (χ2v) is 5.87. The average molecular weight is 345 g/mol. The minimum absolute atomic E-state index is 0.474. The molecule has 2 N–H and O–H groups in total. The summed E-state index contributed by atoms with van der Waals surface area (Å²) in [5.41, 5.74) is 2.54. The van der Waals surface area contributed by atoms with Gasteiger partial charge in [0.15, 0.2) is 0 Å². The normalized spacial score (nSPS) is 10.4. The summed E-state index contributed by atoms with van der Waals surface area (Å²) < 4.78 is 0. The molecular weight excluding hydrogens is 331 g/mol. The Balaban J connectivity index is 1.85. The fourth-order valence-electron chi connectivity index (χ4n) is 2.11. The molecule has 0 amide bonds. The molecule has 0 fully saturated rings. The van der Waals surface area contributed by atoms with E-state index in [1.807, 2.05) is 43.3 Å². The maximum absolute atomic E-state index is 6.01. The molecule has 3 rings (SSSR count). The molecule has 0 saturated carbocycles. The Bertz CT molecular complexity index is 802. The Kier molecular flexibility index (Phi) is 4.65. The number of nitrogens with one attached hydrogen (secondary N) is 2. The molecule has 0 spiro atoms. The summed E-state index contributed by atoms with van der Waals surface area (Å²) in [6.07, 6.45) is 0. The van der Waals surface area contributed by atoms with Crippen LogP contribution in [0.4, 0.5) is 23.1 Å². The number of para-hydroxylation sites is 1. The monoisotopic (exact) mass is 344 g/mol. The first-order valence-electron chi connectivity index (χ1n) is 6.99. The predicted molar refractivity (Wildman–Crippen MR) is 96.2 cm³/mol. The van der Waals surface area contributed by atoms with Gasteiger partial charge in [-0.3, -0.25) is 0 Å². The van der Waals surface area contributed by atoms with Crippen molar-refractivity contribution in [3.8, 4) is 0 Å². The van der Waals surface area contributed by atoms with Crippen LogP contribution in [0.25, 0.3) is 0 Å². The Morgan fingerprint density at radius 3 is 2.17 bits per heavy atom. The van der Waals surface area contributed by atoms with Gasteiger partial charge in [0, 0.05) is 33.2 Å². The molecular formula is C17H14Cl2N4. The standard InChI is InChI=1S/C17H14Cl2N4/c1-11-7-16(21-14-5-3-2-4-6-14)23-17(20-11)22-15-9-12(18)8-13(19)10-15/h2-10H,1H3,(H2,20,21,22,23). The summed E-state index contributed by atoms with van der Waals surface area (Å²) in [4.78, 5) is 8.85. The minimum Gasteiger partial charge on any atom is -0.340 e. The number of nitrogens with zero attached hydrogens (tertiary/aromatic N) is 2. The Hall–Kier alpha value is -2.30. The lowest BCUT2D eigenvalue weighted by Gasteiger charge is -2.10. The highest BCUT2D eigenvalue weighted by molar-refractivity contribution is 6.35. The number of anilines is 4. The van der Waals surface area contributed by atoms with Gasteiger partial charge in [0.1, 0.15) is 5.82 Å². The van der Waals surface area contributed by atoms with Crippen LogP contribution in [0.2, 0.25) is 10.0 Å². The van der Waals surface area contributed by atoms with Gasteiger partial charge in [0.05, 0.1) is 0 Å². The van der Waals surface area contributed by atoms with Crippen LogP contribution in [0.1, 0.15) is 5.69 Å². The first-order valence-corrected chi connectivity index (χ1v) is 7.75. The molecule has 0 aliphatic rings. The van der Waals surface area contributed by atoms with E-state index in [0.717, 1.165) is 17.1 Å². The summed E-state index contributed by atoms with van der Waals surface area (Å²) in [6, 6.07) is 16.9. The van der Waals surface area contributed by atoms with Crippen molar-refractivity contribution in [2.24, 2.45) is 0 Å². The van der Waals surface area contributed by atoms with Crippen LogP contribution >= 0.6 is 23.2 Å². The molecule has 6 heteroatoms. The number of hydrogen-bond acceptors (Lipinski definition) is 4. The first-order chi connectivity index (χ1) is 11.1. The fourth-order valence-corrected chi connectivity index (χ4v) is 2.64. The van der Waals surface area contributed by atoms with Crippen molar-refractivity contribution in [2.75, 3.05) is 10.6 Å². The van der Waals surface area contributed by atoms with Crippen LogP contribution in [0.3, 0.4) is 0 Å². The van der Waals surface area contributed by atoms with Gasteiger partial charge < -0.3 is 10.6 Å². The molecule has 116 valence electrons. The molecule has 1 heterocycles. The van der Waals surface area contributed by atoms with Crippen LogP contribution in [0.5, 0.6) is 0 Å². The third kappa shape index (κ3) is 4.34. The summed E-state index contributed by atoms with van der Waals surface area (Å²) in [5.74, 6) is 1.18. The zero-order chi connectivity index (χ0) is 16.2. The SMILES string of the molecule is Cc1cc(Nc2ccccc2)nc(Nc2cc(Cl)cc(Cl)c2)n1.